The van der Waals surface area contributed by atoms with Crippen molar-refractivity contribution in [3.8, 4) is 11.1 Å². The van der Waals surface area contributed by atoms with Gasteiger partial charge in [0.15, 0.2) is 0 Å². The molecule has 1 aromatic carbocycles. The summed E-state index contributed by atoms with van der Waals surface area (Å²) in [7, 11) is 0. The van der Waals surface area contributed by atoms with E-state index in [9.17, 15) is 13.2 Å². The lowest BCUT2D eigenvalue weighted by molar-refractivity contribution is -0.137. The third-order valence-corrected chi connectivity index (χ3v) is 3.62. The van der Waals surface area contributed by atoms with Gasteiger partial charge in [0.25, 0.3) is 0 Å². The number of aryl methyl sites for hydroxylation is 1. The molecular formula is C17H14F3N3. The highest BCUT2D eigenvalue weighted by Gasteiger charge is 2.29. The number of alkyl halides is 3. The van der Waals surface area contributed by atoms with Gasteiger partial charge in [-0.1, -0.05) is 12.1 Å². The van der Waals surface area contributed by atoms with Gasteiger partial charge in [-0.25, -0.2) is 4.98 Å². The van der Waals surface area contributed by atoms with E-state index >= 15 is 0 Å². The van der Waals surface area contributed by atoms with Gasteiger partial charge >= 0.3 is 6.18 Å². The Morgan fingerprint density at radius 2 is 1.78 bits per heavy atom. The van der Waals surface area contributed by atoms with Crippen LogP contribution in [0.15, 0.2) is 55.1 Å². The van der Waals surface area contributed by atoms with E-state index in [2.05, 4.69) is 9.97 Å². The minimum absolute atomic E-state index is 0.618. The van der Waals surface area contributed by atoms with Crippen LogP contribution >= 0.6 is 0 Å². The smallest absolute Gasteiger partial charge is 0.331 e. The number of hydrogen-bond donors (Lipinski definition) is 0. The van der Waals surface area contributed by atoms with Gasteiger partial charge in [0.1, 0.15) is 5.82 Å². The predicted molar refractivity (Wildman–Crippen MR) is 80.7 cm³/mol. The average Bonchev–Trinajstić information content (AvgIpc) is 2.92. The van der Waals surface area contributed by atoms with Gasteiger partial charge in [-0.3, -0.25) is 4.98 Å². The van der Waals surface area contributed by atoms with Crippen LogP contribution in [0.4, 0.5) is 13.2 Å². The van der Waals surface area contributed by atoms with E-state index in [4.69, 9.17) is 0 Å². The van der Waals surface area contributed by atoms with E-state index in [1.807, 2.05) is 23.8 Å². The summed E-state index contributed by atoms with van der Waals surface area (Å²) >= 11 is 0. The first-order valence-corrected chi connectivity index (χ1v) is 7.03. The number of nitrogens with zero attached hydrogens (tertiary/aromatic N) is 3. The zero-order chi connectivity index (χ0) is 16.4. The molecule has 0 amide bonds. The van der Waals surface area contributed by atoms with Gasteiger partial charge in [0.05, 0.1) is 12.1 Å². The number of benzene rings is 1. The second kappa shape index (κ2) is 5.87. The fourth-order valence-electron chi connectivity index (χ4n) is 2.35. The van der Waals surface area contributed by atoms with E-state index in [-0.39, 0.29) is 0 Å². The monoisotopic (exact) mass is 317 g/mol. The molecule has 2 aromatic heterocycles. The molecule has 0 N–H and O–H groups in total. The summed E-state index contributed by atoms with van der Waals surface area (Å²) < 4.78 is 39.8. The molecule has 0 aliphatic rings. The van der Waals surface area contributed by atoms with Crippen molar-refractivity contribution < 1.29 is 13.2 Å². The van der Waals surface area contributed by atoms with Crippen molar-refractivity contribution in [1.29, 1.82) is 0 Å². The molecule has 0 aliphatic heterocycles. The summed E-state index contributed by atoms with van der Waals surface area (Å²) in [6, 6.07) is 7.03. The molecule has 0 saturated carbocycles. The van der Waals surface area contributed by atoms with Crippen LogP contribution < -0.4 is 0 Å². The van der Waals surface area contributed by atoms with Gasteiger partial charge in [0.2, 0.25) is 0 Å². The van der Waals surface area contributed by atoms with E-state index in [0.29, 0.717) is 12.1 Å². The number of hydrogen-bond acceptors (Lipinski definition) is 2. The van der Waals surface area contributed by atoms with Gasteiger partial charge in [-0.15, -0.1) is 0 Å². The highest BCUT2D eigenvalue weighted by molar-refractivity contribution is 5.63. The fraction of sp³-hybridized carbons (Fsp3) is 0.176. The van der Waals surface area contributed by atoms with Crippen LogP contribution in [0.1, 0.15) is 17.0 Å². The first-order valence-electron chi connectivity index (χ1n) is 7.03. The molecule has 3 aromatic rings. The van der Waals surface area contributed by atoms with Crippen LogP contribution in [0.5, 0.6) is 0 Å². The number of aromatic nitrogens is 3. The van der Waals surface area contributed by atoms with Crippen molar-refractivity contribution in [2.45, 2.75) is 19.6 Å². The molecule has 118 valence electrons. The Hall–Kier alpha value is -2.63. The molecule has 3 rings (SSSR count). The van der Waals surface area contributed by atoms with E-state index in [1.54, 1.807) is 18.6 Å². The minimum Gasteiger partial charge on any atom is -0.331 e. The van der Waals surface area contributed by atoms with Crippen molar-refractivity contribution >= 4 is 0 Å². The Morgan fingerprint density at radius 1 is 1.04 bits per heavy atom. The molecule has 0 spiro atoms. The van der Waals surface area contributed by atoms with Crippen molar-refractivity contribution in [3.63, 3.8) is 0 Å². The molecular weight excluding hydrogens is 303 g/mol. The van der Waals surface area contributed by atoms with Gasteiger partial charge < -0.3 is 4.57 Å². The second-order valence-electron chi connectivity index (χ2n) is 5.26. The third-order valence-electron chi connectivity index (χ3n) is 3.62. The Labute approximate surface area is 131 Å². The highest BCUT2D eigenvalue weighted by atomic mass is 19.4. The number of halogens is 3. The summed E-state index contributed by atoms with van der Waals surface area (Å²) in [4.78, 5) is 8.35. The predicted octanol–water partition coefficient (Wildman–Crippen LogP) is 4.32. The molecule has 0 saturated heterocycles. The molecule has 0 fully saturated rings. The van der Waals surface area contributed by atoms with Crippen LogP contribution in [0.25, 0.3) is 11.1 Å². The summed E-state index contributed by atoms with van der Waals surface area (Å²) in [5.41, 5.74) is 1.80. The average molecular weight is 317 g/mol. The molecule has 0 atom stereocenters. The molecule has 23 heavy (non-hydrogen) atoms. The van der Waals surface area contributed by atoms with E-state index < -0.39 is 11.7 Å². The minimum atomic E-state index is -4.32. The Balaban J connectivity index is 1.86. The maximum atomic E-state index is 12.6. The second-order valence-corrected chi connectivity index (χ2v) is 5.26. The van der Waals surface area contributed by atoms with Crippen molar-refractivity contribution in [2.75, 3.05) is 0 Å². The van der Waals surface area contributed by atoms with Gasteiger partial charge in [0, 0.05) is 30.4 Å². The SMILES string of the molecule is Cc1nccn1Cc1cncc(-c2ccc(C(F)(F)F)cc2)c1. The summed E-state index contributed by atoms with van der Waals surface area (Å²) in [5.74, 6) is 0.893. The van der Waals surface area contributed by atoms with E-state index in [0.717, 1.165) is 29.1 Å². The first kappa shape index (κ1) is 15.3. The van der Waals surface area contributed by atoms with Crippen LogP contribution in [-0.2, 0) is 12.7 Å². The molecule has 2 heterocycles. The number of imidazole rings is 1. The Kier molecular flexibility index (Phi) is 3.90. The van der Waals surface area contributed by atoms with Crippen LogP contribution in [-0.4, -0.2) is 14.5 Å². The van der Waals surface area contributed by atoms with Crippen molar-refractivity contribution in [1.82, 2.24) is 14.5 Å². The van der Waals surface area contributed by atoms with Gasteiger partial charge in [-0.2, -0.15) is 13.2 Å². The zero-order valence-corrected chi connectivity index (χ0v) is 12.4. The molecule has 0 unspecified atom stereocenters. The summed E-state index contributed by atoms with van der Waals surface area (Å²) in [6.07, 6.45) is 2.67. The molecule has 0 aliphatic carbocycles. The van der Waals surface area contributed by atoms with Crippen LogP contribution in [0, 0.1) is 6.92 Å². The number of pyridine rings is 1. The van der Waals surface area contributed by atoms with Gasteiger partial charge in [-0.05, 0) is 36.2 Å². The van der Waals surface area contributed by atoms with E-state index in [1.165, 1.54) is 12.1 Å². The topological polar surface area (TPSA) is 30.7 Å². The summed E-state index contributed by atoms with van der Waals surface area (Å²) in [6.45, 7) is 2.53. The largest absolute Gasteiger partial charge is 0.416 e. The zero-order valence-electron chi connectivity index (χ0n) is 12.4. The summed E-state index contributed by atoms with van der Waals surface area (Å²) in [5, 5.41) is 0. The lowest BCUT2D eigenvalue weighted by Gasteiger charge is -2.09. The Bertz CT molecular complexity index is 804. The highest BCUT2D eigenvalue weighted by Crippen LogP contribution is 2.31. The van der Waals surface area contributed by atoms with Crippen molar-refractivity contribution in [2.24, 2.45) is 0 Å². The first-order chi connectivity index (χ1) is 10.9. The lowest BCUT2D eigenvalue weighted by atomic mass is 10.0. The quantitative estimate of drug-likeness (QED) is 0.720. The maximum Gasteiger partial charge on any atom is 0.416 e. The molecule has 0 radical (unpaired) electrons. The molecule has 3 nitrogen and oxygen atoms in total. The molecule has 6 heteroatoms. The standard InChI is InChI=1S/C17H14F3N3/c1-12-22-6-7-23(12)11-13-8-15(10-21-9-13)14-2-4-16(5-3-14)17(18,19)20/h2-10H,11H2,1H3. The Morgan fingerprint density at radius 3 is 2.39 bits per heavy atom. The lowest BCUT2D eigenvalue weighted by Crippen LogP contribution is -2.04. The normalized spacial score (nSPS) is 11.7. The third kappa shape index (κ3) is 3.41. The van der Waals surface area contributed by atoms with Crippen LogP contribution in [0.3, 0.4) is 0 Å². The maximum absolute atomic E-state index is 12.6. The van der Waals surface area contributed by atoms with Crippen LogP contribution in [0.2, 0.25) is 0 Å². The number of rotatable bonds is 3. The fourth-order valence-corrected chi connectivity index (χ4v) is 2.35. The molecule has 0 bridgehead atoms. The van der Waals surface area contributed by atoms with Crippen molar-refractivity contribution in [3.05, 3.63) is 72.1 Å².